The molecule has 0 bridgehead atoms. The highest BCUT2D eigenvalue weighted by molar-refractivity contribution is 5.55. The number of hydrogen-bond donors (Lipinski definition) is 1. The van der Waals surface area contributed by atoms with Gasteiger partial charge in [-0.25, -0.2) is 15.0 Å². The highest BCUT2D eigenvalue weighted by atomic mass is 15.2. The molecule has 4 rings (SSSR count). The molecule has 0 aliphatic carbocycles. The van der Waals surface area contributed by atoms with Crippen LogP contribution >= 0.6 is 0 Å². The first-order valence-corrected chi connectivity index (χ1v) is 9.67. The summed E-state index contributed by atoms with van der Waals surface area (Å²) < 4.78 is 1.98. The Balaban J connectivity index is 1.49. The highest BCUT2D eigenvalue weighted by Crippen LogP contribution is 2.24. The minimum Gasteiger partial charge on any atom is -0.370 e. The topological polar surface area (TPSA) is 85.9 Å². The van der Waals surface area contributed by atoms with Crippen LogP contribution in [0.4, 0.5) is 17.3 Å². The summed E-state index contributed by atoms with van der Waals surface area (Å²) in [4.78, 5) is 17.4. The first kappa shape index (κ1) is 18.9. The van der Waals surface area contributed by atoms with Gasteiger partial charge in [-0.3, -0.25) is 0 Å². The second-order valence-corrected chi connectivity index (χ2v) is 7.42. The van der Waals surface area contributed by atoms with Gasteiger partial charge in [-0.1, -0.05) is 6.07 Å². The summed E-state index contributed by atoms with van der Waals surface area (Å²) >= 11 is 0. The number of benzene rings is 1. The predicted molar refractivity (Wildman–Crippen MR) is 113 cm³/mol. The summed E-state index contributed by atoms with van der Waals surface area (Å²) in [5, 5.41) is 11.9. The average molecular weight is 388 g/mol. The molecule has 0 radical (unpaired) electrons. The van der Waals surface area contributed by atoms with Crippen molar-refractivity contribution in [2.45, 2.75) is 18.9 Å². The number of imidazole rings is 1. The highest BCUT2D eigenvalue weighted by Gasteiger charge is 2.21. The van der Waals surface area contributed by atoms with E-state index in [-0.39, 0.29) is 5.69 Å². The molecule has 1 aliphatic rings. The maximum Gasteiger partial charge on any atom is 0.158 e. The molecule has 1 aliphatic heterocycles. The van der Waals surface area contributed by atoms with Gasteiger partial charge in [0.15, 0.2) is 5.69 Å². The molecule has 1 fully saturated rings. The lowest BCUT2D eigenvalue weighted by Crippen LogP contribution is -2.45. The van der Waals surface area contributed by atoms with Gasteiger partial charge in [-0.05, 0) is 45.1 Å². The molecule has 148 valence electrons. The molecule has 1 atom stereocenters. The summed E-state index contributed by atoms with van der Waals surface area (Å²) in [7, 11) is 4.31. The zero-order valence-corrected chi connectivity index (χ0v) is 16.7. The Kier molecular flexibility index (Phi) is 5.40. The molecule has 0 saturated carbocycles. The number of nitrogens with one attached hydrogen (secondary N) is 1. The standard InChI is InChI=1S/C21H24N8/c1-27(2)19-7-4-8-28(13-19)17-5-3-6-18(9-17)29-14-21(25-15-29)26-20-12-23-16(10-22)11-24-20/h3,5-6,9,11-12,14-15,19H,4,7-8,13H2,1-2H3,(H,24,26). The van der Waals surface area contributed by atoms with Gasteiger partial charge in [0.2, 0.25) is 0 Å². The van der Waals surface area contributed by atoms with Crippen molar-refractivity contribution in [2.75, 3.05) is 37.4 Å². The third-order valence-electron chi connectivity index (χ3n) is 5.22. The van der Waals surface area contributed by atoms with Gasteiger partial charge in [0.25, 0.3) is 0 Å². The lowest BCUT2D eigenvalue weighted by molar-refractivity contribution is 0.258. The molecule has 29 heavy (non-hydrogen) atoms. The predicted octanol–water partition coefficient (Wildman–Crippen LogP) is 2.81. The number of aromatic nitrogens is 4. The molecule has 3 aromatic rings. The van der Waals surface area contributed by atoms with Crippen LogP contribution in [0.2, 0.25) is 0 Å². The van der Waals surface area contributed by atoms with E-state index >= 15 is 0 Å². The van der Waals surface area contributed by atoms with Crippen LogP contribution < -0.4 is 10.2 Å². The lowest BCUT2D eigenvalue weighted by Gasteiger charge is -2.37. The third kappa shape index (κ3) is 4.36. The van der Waals surface area contributed by atoms with Crippen LogP contribution in [0.3, 0.4) is 0 Å². The molecule has 3 heterocycles. The van der Waals surface area contributed by atoms with E-state index in [4.69, 9.17) is 5.26 Å². The molecule has 1 saturated heterocycles. The summed E-state index contributed by atoms with van der Waals surface area (Å²) in [6, 6.07) is 11.1. The maximum atomic E-state index is 8.81. The van der Waals surface area contributed by atoms with E-state index in [1.54, 1.807) is 6.33 Å². The molecular weight excluding hydrogens is 364 g/mol. The number of rotatable bonds is 5. The van der Waals surface area contributed by atoms with Gasteiger partial charge in [0.05, 0.1) is 18.6 Å². The number of hydrogen-bond acceptors (Lipinski definition) is 7. The van der Waals surface area contributed by atoms with E-state index in [1.165, 1.54) is 30.9 Å². The summed E-state index contributed by atoms with van der Waals surface area (Å²) in [5.74, 6) is 1.21. The van der Waals surface area contributed by atoms with Crippen LogP contribution in [0.1, 0.15) is 18.5 Å². The van der Waals surface area contributed by atoms with Gasteiger partial charge in [-0.15, -0.1) is 0 Å². The van der Waals surface area contributed by atoms with Gasteiger partial charge in [0, 0.05) is 30.5 Å². The molecule has 8 heteroatoms. The second kappa shape index (κ2) is 8.29. The number of nitriles is 1. The quantitative estimate of drug-likeness (QED) is 0.719. The molecular formula is C21H24N8. The average Bonchev–Trinajstić information content (AvgIpc) is 3.23. The van der Waals surface area contributed by atoms with Crippen LogP contribution in [-0.2, 0) is 0 Å². The van der Waals surface area contributed by atoms with Crippen LogP contribution in [0.25, 0.3) is 5.69 Å². The van der Waals surface area contributed by atoms with Gasteiger partial charge < -0.3 is 19.7 Å². The van der Waals surface area contributed by atoms with Crippen molar-refractivity contribution in [3.8, 4) is 11.8 Å². The molecule has 8 nitrogen and oxygen atoms in total. The Hall–Kier alpha value is -3.44. The van der Waals surface area contributed by atoms with E-state index in [1.807, 2.05) is 16.8 Å². The molecule has 1 aromatic carbocycles. The first-order chi connectivity index (χ1) is 14.1. The minimum atomic E-state index is 0.284. The Bertz CT molecular complexity index is 1000. The van der Waals surface area contributed by atoms with Crippen molar-refractivity contribution < 1.29 is 0 Å². The third-order valence-corrected chi connectivity index (χ3v) is 5.22. The number of anilines is 3. The Morgan fingerprint density at radius 2 is 2.00 bits per heavy atom. The van der Waals surface area contributed by atoms with Crippen molar-refractivity contribution in [3.63, 3.8) is 0 Å². The van der Waals surface area contributed by atoms with Crippen LogP contribution in [0.15, 0.2) is 49.2 Å². The minimum absolute atomic E-state index is 0.284. The molecule has 0 spiro atoms. The van der Waals surface area contributed by atoms with Gasteiger partial charge >= 0.3 is 0 Å². The largest absolute Gasteiger partial charge is 0.370 e. The van der Waals surface area contributed by atoms with Crippen LogP contribution in [-0.4, -0.2) is 57.6 Å². The zero-order valence-electron chi connectivity index (χ0n) is 16.7. The number of piperidine rings is 1. The van der Waals surface area contributed by atoms with E-state index in [9.17, 15) is 0 Å². The number of likely N-dealkylation sites (N-methyl/N-ethyl adjacent to an activating group) is 1. The molecule has 1 N–H and O–H groups in total. The van der Waals surface area contributed by atoms with Crippen molar-refractivity contribution >= 4 is 17.3 Å². The normalized spacial score (nSPS) is 16.6. The van der Waals surface area contributed by atoms with Crippen molar-refractivity contribution in [1.82, 2.24) is 24.4 Å². The second-order valence-electron chi connectivity index (χ2n) is 7.42. The van der Waals surface area contributed by atoms with Crippen LogP contribution in [0.5, 0.6) is 0 Å². The fraction of sp³-hybridized carbons (Fsp3) is 0.333. The zero-order chi connectivity index (χ0) is 20.2. The summed E-state index contributed by atoms with van der Waals surface area (Å²) in [6.45, 7) is 2.13. The smallest absolute Gasteiger partial charge is 0.158 e. The number of nitrogens with zero attached hydrogens (tertiary/aromatic N) is 7. The van der Waals surface area contributed by atoms with Crippen molar-refractivity contribution in [2.24, 2.45) is 0 Å². The first-order valence-electron chi connectivity index (χ1n) is 9.67. The van der Waals surface area contributed by atoms with E-state index in [0.29, 0.717) is 17.7 Å². The lowest BCUT2D eigenvalue weighted by atomic mass is 10.0. The van der Waals surface area contributed by atoms with E-state index < -0.39 is 0 Å². The molecule has 2 aromatic heterocycles. The fourth-order valence-corrected chi connectivity index (χ4v) is 3.57. The summed E-state index contributed by atoms with van der Waals surface area (Å²) in [5.41, 5.74) is 2.57. The molecule has 1 unspecified atom stereocenters. The molecule has 0 amide bonds. The van der Waals surface area contributed by atoms with E-state index in [2.05, 4.69) is 68.4 Å². The Morgan fingerprint density at radius 1 is 1.14 bits per heavy atom. The monoisotopic (exact) mass is 388 g/mol. The maximum absolute atomic E-state index is 8.81. The fourth-order valence-electron chi connectivity index (χ4n) is 3.57. The van der Waals surface area contributed by atoms with Crippen LogP contribution in [0, 0.1) is 11.3 Å². The van der Waals surface area contributed by atoms with E-state index in [0.717, 1.165) is 18.8 Å². The van der Waals surface area contributed by atoms with Crippen molar-refractivity contribution in [1.29, 1.82) is 5.26 Å². The van der Waals surface area contributed by atoms with Gasteiger partial charge in [-0.2, -0.15) is 5.26 Å². The summed E-state index contributed by atoms with van der Waals surface area (Å²) in [6.07, 6.45) is 9.10. The Labute approximate surface area is 170 Å². The Morgan fingerprint density at radius 3 is 2.76 bits per heavy atom. The van der Waals surface area contributed by atoms with Gasteiger partial charge in [0.1, 0.15) is 24.0 Å². The van der Waals surface area contributed by atoms with Crippen molar-refractivity contribution in [3.05, 3.63) is 54.9 Å². The SMILES string of the molecule is CN(C)C1CCCN(c2cccc(-n3cnc(Nc4cnc(C#N)cn4)c3)c2)C1.